The summed E-state index contributed by atoms with van der Waals surface area (Å²) >= 11 is 2.96. The lowest BCUT2D eigenvalue weighted by Crippen LogP contribution is -2.27. The molecular weight excluding hydrogens is 442 g/mol. The fraction of sp³-hybridized carbons (Fsp3) is 0.458. The lowest BCUT2D eigenvalue weighted by molar-refractivity contribution is -0.115. The molecule has 2 aromatic heterocycles. The summed E-state index contributed by atoms with van der Waals surface area (Å²) in [5, 5.41) is 3.90. The van der Waals surface area contributed by atoms with Gasteiger partial charge in [0.15, 0.2) is 5.16 Å². The predicted octanol–water partition coefficient (Wildman–Crippen LogP) is 5.04. The summed E-state index contributed by atoms with van der Waals surface area (Å²) in [5.74, 6) is 1.10. The molecule has 6 nitrogen and oxygen atoms in total. The molecular formula is C24H29N3O3S2. The first-order chi connectivity index (χ1) is 15.3. The van der Waals surface area contributed by atoms with Crippen LogP contribution in [-0.2, 0) is 24.2 Å². The fourth-order valence-corrected chi connectivity index (χ4v) is 6.54. The summed E-state index contributed by atoms with van der Waals surface area (Å²) in [5.41, 5.74) is 2.88. The summed E-state index contributed by atoms with van der Waals surface area (Å²) < 4.78 is 7.07. The predicted molar refractivity (Wildman–Crippen MR) is 132 cm³/mol. The smallest absolute Gasteiger partial charge is 0.263 e. The third-order valence-corrected chi connectivity index (χ3v) is 8.20. The first kappa shape index (κ1) is 22.9. The molecule has 0 fully saturated rings. The number of ether oxygens (including phenoxy) is 1. The average Bonchev–Trinajstić information content (AvgIpc) is 3.11. The number of rotatable bonds is 6. The van der Waals surface area contributed by atoms with E-state index in [1.165, 1.54) is 22.2 Å². The van der Waals surface area contributed by atoms with Gasteiger partial charge in [0.25, 0.3) is 5.56 Å². The molecule has 2 atom stereocenters. The molecule has 1 aliphatic carbocycles. The number of aromatic nitrogens is 2. The standard InChI is InChI=1S/C24H29N3O3S2/c1-6-27-23(29)20-16-9-7-14(3)12-19(16)32-22(20)26-24(27)31-15(4)21(28)25-17-11-13(2)8-10-18(17)30-5/h8,10-11,14-15H,6-7,9,12H2,1-5H3,(H,25,28). The number of amides is 1. The van der Waals surface area contributed by atoms with Crippen molar-refractivity contribution in [3.63, 3.8) is 0 Å². The third kappa shape index (κ3) is 4.30. The molecule has 0 radical (unpaired) electrons. The summed E-state index contributed by atoms with van der Waals surface area (Å²) in [6.45, 7) is 8.52. The number of nitrogens with one attached hydrogen (secondary N) is 1. The van der Waals surface area contributed by atoms with Crippen molar-refractivity contribution in [1.82, 2.24) is 9.55 Å². The van der Waals surface area contributed by atoms with Crippen LogP contribution in [0.1, 0.15) is 43.2 Å². The maximum atomic E-state index is 13.4. The molecule has 0 aliphatic heterocycles. The van der Waals surface area contributed by atoms with Gasteiger partial charge in [0.1, 0.15) is 10.6 Å². The number of hydrogen-bond acceptors (Lipinski definition) is 6. The van der Waals surface area contributed by atoms with Gasteiger partial charge in [-0.2, -0.15) is 0 Å². The number of carbonyl (C=O) groups excluding carboxylic acids is 1. The summed E-state index contributed by atoms with van der Waals surface area (Å²) in [6.07, 6.45) is 3.07. The van der Waals surface area contributed by atoms with Gasteiger partial charge in [0.05, 0.1) is 23.4 Å². The van der Waals surface area contributed by atoms with E-state index in [-0.39, 0.29) is 11.5 Å². The largest absolute Gasteiger partial charge is 0.495 e. The molecule has 170 valence electrons. The molecule has 2 unspecified atom stereocenters. The van der Waals surface area contributed by atoms with E-state index in [2.05, 4.69) is 12.2 Å². The summed E-state index contributed by atoms with van der Waals surface area (Å²) in [4.78, 5) is 33.2. The molecule has 0 saturated heterocycles. The molecule has 1 amide bonds. The first-order valence-corrected chi connectivity index (χ1v) is 12.7. The molecule has 1 aliphatic rings. The van der Waals surface area contributed by atoms with Crippen LogP contribution in [0.4, 0.5) is 5.69 Å². The van der Waals surface area contributed by atoms with Gasteiger partial charge in [0, 0.05) is 11.4 Å². The Balaban J connectivity index is 1.63. The van der Waals surface area contributed by atoms with Crippen LogP contribution in [0.2, 0.25) is 0 Å². The third-order valence-electron chi connectivity index (χ3n) is 5.96. The zero-order valence-corrected chi connectivity index (χ0v) is 20.8. The maximum Gasteiger partial charge on any atom is 0.263 e. The molecule has 32 heavy (non-hydrogen) atoms. The number of anilines is 1. The van der Waals surface area contributed by atoms with Crippen molar-refractivity contribution in [2.45, 2.75) is 63.9 Å². The SMILES string of the molecule is CCn1c(SC(C)C(=O)Nc2cc(C)ccc2OC)nc2sc3c(c2c1=O)CCC(C)C3. The number of aryl methyl sites for hydroxylation is 2. The van der Waals surface area contributed by atoms with Crippen molar-refractivity contribution >= 4 is 44.9 Å². The molecule has 8 heteroatoms. The summed E-state index contributed by atoms with van der Waals surface area (Å²) in [6, 6.07) is 5.66. The second-order valence-electron chi connectivity index (χ2n) is 8.43. The van der Waals surface area contributed by atoms with Crippen LogP contribution in [-0.4, -0.2) is 27.8 Å². The van der Waals surface area contributed by atoms with Gasteiger partial charge >= 0.3 is 0 Å². The number of carbonyl (C=O) groups is 1. The number of fused-ring (bicyclic) bond motifs is 3. The fourth-order valence-electron chi connectivity index (χ4n) is 4.14. The highest BCUT2D eigenvalue weighted by Gasteiger charge is 2.26. The van der Waals surface area contributed by atoms with Gasteiger partial charge < -0.3 is 10.1 Å². The minimum absolute atomic E-state index is 0.0139. The van der Waals surface area contributed by atoms with E-state index in [4.69, 9.17) is 9.72 Å². The highest BCUT2D eigenvalue weighted by molar-refractivity contribution is 8.00. The minimum Gasteiger partial charge on any atom is -0.495 e. The van der Waals surface area contributed by atoms with E-state index >= 15 is 0 Å². The van der Waals surface area contributed by atoms with Crippen LogP contribution in [0.15, 0.2) is 28.2 Å². The van der Waals surface area contributed by atoms with Gasteiger partial charge in [-0.25, -0.2) is 4.98 Å². The minimum atomic E-state index is -0.433. The topological polar surface area (TPSA) is 73.2 Å². The zero-order valence-electron chi connectivity index (χ0n) is 19.2. The average molecular weight is 472 g/mol. The summed E-state index contributed by atoms with van der Waals surface area (Å²) in [7, 11) is 1.58. The maximum absolute atomic E-state index is 13.4. The number of hydrogen-bond donors (Lipinski definition) is 1. The second kappa shape index (κ2) is 9.27. The molecule has 1 N–H and O–H groups in total. The van der Waals surface area contributed by atoms with E-state index in [0.29, 0.717) is 29.1 Å². The van der Waals surface area contributed by atoms with Gasteiger partial charge in [-0.1, -0.05) is 24.8 Å². The highest BCUT2D eigenvalue weighted by atomic mass is 32.2. The number of nitrogens with zero attached hydrogens (tertiary/aromatic N) is 2. The second-order valence-corrected chi connectivity index (χ2v) is 10.8. The Bertz CT molecular complexity index is 1230. The Morgan fingerprint density at radius 1 is 1.44 bits per heavy atom. The number of methoxy groups -OCH3 is 1. The van der Waals surface area contributed by atoms with Crippen molar-refractivity contribution in [3.05, 3.63) is 44.6 Å². The van der Waals surface area contributed by atoms with Crippen LogP contribution in [0.5, 0.6) is 5.75 Å². The van der Waals surface area contributed by atoms with Gasteiger partial charge in [-0.05, 0) is 69.2 Å². The molecule has 4 rings (SSSR count). The Hall–Kier alpha value is -2.32. The molecule has 3 aromatic rings. The Morgan fingerprint density at radius 2 is 2.22 bits per heavy atom. The van der Waals surface area contributed by atoms with E-state index in [0.717, 1.165) is 35.0 Å². The van der Waals surface area contributed by atoms with E-state index in [9.17, 15) is 9.59 Å². The number of thioether (sulfide) groups is 1. The number of thiophene rings is 1. The van der Waals surface area contributed by atoms with Crippen molar-refractivity contribution in [2.75, 3.05) is 12.4 Å². The Morgan fingerprint density at radius 3 is 2.94 bits per heavy atom. The molecule has 0 saturated carbocycles. The molecule has 0 spiro atoms. The van der Waals surface area contributed by atoms with Gasteiger partial charge in [-0.3, -0.25) is 14.2 Å². The number of benzene rings is 1. The van der Waals surface area contributed by atoms with Crippen molar-refractivity contribution in [1.29, 1.82) is 0 Å². The van der Waals surface area contributed by atoms with Crippen molar-refractivity contribution in [3.8, 4) is 5.75 Å². The van der Waals surface area contributed by atoms with Crippen molar-refractivity contribution < 1.29 is 9.53 Å². The quantitative estimate of drug-likeness (QED) is 0.403. The monoisotopic (exact) mass is 471 g/mol. The van der Waals surface area contributed by atoms with Crippen LogP contribution < -0.4 is 15.6 Å². The Kier molecular flexibility index (Phi) is 6.62. The molecule has 1 aromatic carbocycles. The van der Waals surface area contributed by atoms with Gasteiger partial charge in [0.2, 0.25) is 5.91 Å². The van der Waals surface area contributed by atoms with Crippen LogP contribution in [0.3, 0.4) is 0 Å². The van der Waals surface area contributed by atoms with E-state index in [1.807, 2.05) is 39.0 Å². The van der Waals surface area contributed by atoms with Crippen molar-refractivity contribution in [2.24, 2.45) is 5.92 Å². The normalized spacial score (nSPS) is 16.6. The van der Waals surface area contributed by atoms with E-state index < -0.39 is 5.25 Å². The van der Waals surface area contributed by atoms with Crippen LogP contribution in [0.25, 0.3) is 10.2 Å². The molecule has 0 bridgehead atoms. The lowest BCUT2D eigenvalue weighted by atomic mass is 9.89. The van der Waals surface area contributed by atoms with E-state index in [1.54, 1.807) is 23.0 Å². The highest BCUT2D eigenvalue weighted by Crippen LogP contribution is 2.37. The first-order valence-electron chi connectivity index (χ1n) is 11.0. The molecule has 2 heterocycles. The Labute approximate surface area is 196 Å². The van der Waals surface area contributed by atoms with Crippen LogP contribution >= 0.6 is 23.1 Å². The lowest BCUT2D eigenvalue weighted by Gasteiger charge is -2.18. The van der Waals surface area contributed by atoms with Crippen LogP contribution in [0, 0.1) is 12.8 Å². The van der Waals surface area contributed by atoms with Gasteiger partial charge in [-0.15, -0.1) is 11.3 Å². The zero-order chi connectivity index (χ0) is 23.0.